The van der Waals surface area contributed by atoms with Gasteiger partial charge in [0, 0.05) is 42.0 Å². The molecule has 4 aromatic rings. The molecule has 2 N–H and O–H groups in total. The third-order valence-corrected chi connectivity index (χ3v) is 7.22. The lowest BCUT2D eigenvalue weighted by molar-refractivity contribution is -0.126. The van der Waals surface area contributed by atoms with Gasteiger partial charge >= 0.3 is 0 Å². The van der Waals surface area contributed by atoms with Crippen LogP contribution < -0.4 is 10.6 Å². The highest BCUT2D eigenvalue weighted by molar-refractivity contribution is 7.14. The summed E-state index contributed by atoms with van der Waals surface area (Å²) >= 11 is 1.42. The molecule has 0 spiro atoms. The number of anilines is 2. The number of carbonyl (C=O) groups excluding carboxylic acids is 2. The van der Waals surface area contributed by atoms with Crippen molar-refractivity contribution in [2.75, 3.05) is 25.0 Å². The van der Waals surface area contributed by atoms with Gasteiger partial charge in [0.15, 0.2) is 5.13 Å². The highest BCUT2D eigenvalue weighted by atomic mass is 32.1. The molecule has 0 unspecified atom stereocenters. The Balaban J connectivity index is 1.12. The van der Waals surface area contributed by atoms with E-state index in [1.54, 1.807) is 5.38 Å². The summed E-state index contributed by atoms with van der Waals surface area (Å²) in [5, 5.41) is 11.2. The Labute approximate surface area is 209 Å². The largest absolute Gasteiger partial charge is 0.356 e. The number of likely N-dealkylation sites (tertiary alicyclic amines) is 1. The number of rotatable bonds is 7. The van der Waals surface area contributed by atoms with Crippen molar-refractivity contribution in [2.45, 2.75) is 19.3 Å². The van der Waals surface area contributed by atoms with Gasteiger partial charge in [-0.05, 0) is 36.3 Å². The van der Waals surface area contributed by atoms with Gasteiger partial charge in [-0.15, -0.1) is 11.3 Å². The zero-order valence-corrected chi connectivity index (χ0v) is 20.3. The molecule has 1 fully saturated rings. The summed E-state index contributed by atoms with van der Waals surface area (Å²) in [4.78, 5) is 32.0. The van der Waals surface area contributed by atoms with E-state index in [-0.39, 0.29) is 17.7 Å². The highest BCUT2D eigenvalue weighted by Crippen LogP contribution is 2.28. The van der Waals surface area contributed by atoms with Crippen LogP contribution in [0.1, 0.15) is 28.9 Å². The Morgan fingerprint density at radius 2 is 1.69 bits per heavy atom. The predicted octanol–water partition coefficient (Wildman–Crippen LogP) is 5.25. The van der Waals surface area contributed by atoms with Crippen molar-refractivity contribution in [3.05, 3.63) is 89.4 Å². The minimum absolute atomic E-state index is 0.0474. The fourth-order valence-corrected chi connectivity index (χ4v) is 5.20. The van der Waals surface area contributed by atoms with Crippen molar-refractivity contribution >= 4 is 44.7 Å². The third-order valence-electron chi connectivity index (χ3n) is 6.46. The van der Waals surface area contributed by atoms with Crippen molar-refractivity contribution in [2.24, 2.45) is 5.92 Å². The van der Waals surface area contributed by atoms with Crippen LogP contribution in [0.5, 0.6) is 0 Å². The van der Waals surface area contributed by atoms with Crippen LogP contribution in [0.15, 0.2) is 78.2 Å². The minimum atomic E-state index is -0.0739. The molecule has 1 aliphatic rings. The van der Waals surface area contributed by atoms with E-state index in [1.165, 1.54) is 16.9 Å². The second kappa shape index (κ2) is 10.7. The Hall–Kier alpha value is -3.71. The maximum Gasteiger partial charge on any atom is 0.273 e. The summed E-state index contributed by atoms with van der Waals surface area (Å²) in [6, 6.07) is 24.4. The molecule has 2 amide bonds. The van der Waals surface area contributed by atoms with Crippen LogP contribution in [-0.4, -0.2) is 41.3 Å². The van der Waals surface area contributed by atoms with Crippen molar-refractivity contribution in [3.8, 4) is 0 Å². The summed E-state index contributed by atoms with van der Waals surface area (Å²) in [6.07, 6.45) is 2.17. The summed E-state index contributed by atoms with van der Waals surface area (Å²) in [5.41, 5.74) is 2.63. The number of hydrogen-bond acceptors (Lipinski definition) is 5. The van der Waals surface area contributed by atoms with Crippen molar-refractivity contribution < 1.29 is 9.59 Å². The normalized spacial score (nSPS) is 14.1. The van der Waals surface area contributed by atoms with Crippen LogP contribution in [-0.2, 0) is 11.2 Å². The quantitative estimate of drug-likeness (QED) is 0.376. The molecular formula is C28H28N4O2S. The maximum absolute atomic E-state index is 13.0. The van der Waals surface area contributed by atoms with Gasteiger partial charge in [-0.3, -0.25) is 9.59 Å². The summed E-state index contributed by atoms with van der Waals surface area (Å²) in [7, 11) is 0. The Kier molecular flexibility index (Phi) is 7.04. The highest BCUT2D eigenvalue weighted by Gasteiger charge is 2.28. The SMILES string of the molecule is O=C(NCCc1ccccc1)C1CCN(C(=O)c2csc(Nc3cccc4ccccc34)n2)CC1. The van der Waals surface area contributed by atoms with E-state index in [0.29, 0.717) is 43.3 Å². The molecule has 2 heterocycles. The molecule has 0 aliphatic carbocycles. The van der Waals surface area contributed by atoms with Crippen LogP contribution >= 0.6 is 11.3 Å². The topological polar surface area (TPSA) is 74.3 Å². The van der Waals surface area contributed by atoms with Gasteiger partial charge < -0.3 is 15.5 Å². The zero-order chi connectivity index (χ0) is 24.0. The number of thiazole rings is 1. The number of amides is 2. The summed E-state index contributed by atoms with van der Waals surface area (Å²) in [6.45, 7) is 1.77. The lowest BCUT2D eigenvalue weighted by Gasteiger charge is -2.30. The van der Waals surface area contributed by atoms with E-state index >= 15 is 0 Å². The number of nitrogens with one attached hydrogen (secondary N) is 2. The molecule has 0 bridgehead atoms. The van der Waals surface area contributed by atoms with Crippen LogP contribution in [0.25, 0.3) is 10.8 Å². The lowest BCUT2D eigenvalue weighted by Crippen LogP contribution is -2.43. The number of carbonyl (C=O) groups is 2. The second-order valence-corrected chi connectivity index (χ2v) is 9.64. The first-order chi connectivity index (χ1) is 17.2. The molecule has 1 aliphatic heterocycles. The average molecular weight is 485 g/mol. The van der Waals surface area contributed by atoms with E-state index in [9.17, 15) is 9.59 Å². The van der Waals surface area contributed by atoms with E-state index < -0.39 is 0 Å². The van der Waals surface area contributed by atoms with Gasteiger partial charge in [-0.1, -0.05) is 66.7 Å². The Morgan fingerprint density at radius 1 is 0.943 bits per heavy atom. The number of fused-ring (bicyclic) bond motifs is 1. The van der Waals surface area contributed by atoms with Crippen molar-refractivity contribution in [1.82, 2.24) is 15.2 Å². The molecule has 178 valence electrons. The second-order valence-electron chi connectivity index (χ2n) is 8.78. The van der Waals surface area contributed by atoms with Gasteiger partial charge in [-0.2, -0.15) is 0 Å². The van der Waals surface area contributed by atoms with Crippen molar-refractivity contribution in [1.29, 1.82) is 0 Å². The van der Waals surface area contributed by atoms with Crippen molar-refractivity contribution in [3.63, 3.8) is 0 Å². The fraction of sp³-hybridized carbons (Fsp3) is 0.250. The van der Waals surface area contributed by atoms with Gasteiger partial charge in [-0.25, -0.2) is 4.98 Å². The summed E-state index contributed by atoms with van der Waals surface area (Å²) < 4.78 is 0. The van der Waals surface area contributed by atoms with E-state index in [0.717, 1.165) is 22.9 Å². The number of piperidine rings is 1. The first-order valence-corrected chi connectivity index (χ1v) is 12.9. The zero-order valence-electron chi connectivity index (χ0n) is 19.4. The van der Waals surface area contributed by atoms with Crippen LogP contribution in [0, 0.1) is 5.92 Å². The van der Waals surface area contributed by atoms with E-state index in [1.807, 2.05) is 47.4 Å². The molecule has 5 rings (SSSR count). The van der Waals surface area contributed by atoms with Crippen LogP contribution in [0.3, 0.4) is 0 Å². The first kappa shape index (κ1) is 23.1. The van der Waals surface area contributed by atoms with E-state index in [4.69, 9.17) is 0 Å². The fourth-order valence-electron chi connectivity index (χ4n) is 4.50. The molecule has 0 atom stereocenters. The number of aromatic nitrogens is 1. The van der Waals surface area contributed by atoms with Gasteiger partial charge in [0.2, 0.25) is 5.91 Å². The van der Waals surface area contributed by atoms with Crippen LogP contribution in [0.4, 0.5) is 10.8 Å². The molecule has 35 heavy (non-hydrogen) atoms. The predicted molar refractivity (Wildman–Crippen MR) is 141 cm³/mol. The standard InChI is InChI=1S/C28H28N4O2S/c33-26(29-16-13-20-7-2-1-3-8-20)22-14-17-32(18-15-22)27(34)25-19-35-28(31-25)30-24-12-6-10-21-9-4-5-11-23(21)24/h1-12,19,22H,13-18H2,(H,29,33)(H,30,31). The third kappa shape index (κ3) is 5.52. The molecule has 7 heteroatoms. The molecule has 0 saturated carbocycles. The Morgan fingerprint density at radius 3 is 2.51 bits per heavy atom. The summed E-state index contributed by atoms with van der Waals surface area (Å²) in [5.74, 6) is -0.0349. The van der Waals surface area contributed by atoms with Gasteiger partial charge in [0.1, 0.15) is 5.69 Å². The molecular weight excluding hydrogens is 456 g/mol. The first-order valence-electron chi connectivity index (χ1n) is 12.0. The average Bonchev–Trinajstić information content (AvgIpc) is 3.38. The molecule has 1 saturated heterocycles. The molecule has 0 radical (unpaired) electrons. The minimum Gasteiger partial charge on any atom is -0.356 e. The van der Waals surface area contributed by atoms with Gasteiger partial charge in [0.05, 0.1) is 0 Å². The number of hydrogen-bond donors (Lipinski definition) is 2. The monoisotopic (exact) mass is 484 g/mol. The smallest absolute Gasteiger partial charge is 0.273 e. The Bertz CT molecular complexity index is 1310. The van der Waals surface area contributed by atoms with E-state index in [2.05, 4.69) is 45.9 Å². The number of benzene rings is 3. The molecule has 3 aromatic carbocycles. The lowest BCUT2D eigenvalue weighted by atomic mass is 9.95. The van der Waals surface area contributed by atoms with Crippen LogP contribution in [0.2, 0.25) is 0 Å². The molecule has 6 nitrogen and oxygen atoms in total. The number of nitrogens with zero attached hydrogens (tertiary/aromatic N) is 2. The molecule has 1 aromatic heterocycles. The van der Waals surface area contributed by atoms with Gasteiger partial charge in [0.25, 0.3) is 5.91 Å². The maximum atomic E-state index is 13.0.